The molecule has 1 aromatic heterocycles. The molecule has 4 heteroatoms. The first-order chi connectivity index (χ1) is 26.2. The van der Waals surface area contributed by atoms with E-state index in [4.69, 9.17) is 0 Å². The number of para-hydroxylation sites is 4. The highest BCUT2D eigenvalue weighted by Crippen LogP contribution is 2.42. The molecule has 0 bridgehead atoms. The van der Waals surface area contributed by atoms with Gasteiger partial charge in [0, 0.05) is 50.6 Å². The molecule has 9 aromatic rings. The molecule has 0 aliphatic rings. The number of rotatable bonds is 8. The number of hydrogen-bond acceptors (Lipinski definition) is 3. The van der Waals surface area contributed by atoms with E-state index in [0.29, 0.717) is 5.56 Å². The van der Waals surface area contributed by atoms with Gasteiger partial charge in [0.15, 0.2) is 0 Å². The van der Waals surface area contributed by atoms with Gasteiger partial charge in [-0.3, -0.25) is 0 Å². The molecule has 0 atom stereocenters. The van der Waals surface area contributed by atoms with E-state index in [9.17, 15) is 5.26 Å². The average Bonchev–Trinajstić information content (AvgIpc) is 3.56. The summed E-state index contributed by atoms with van der Waals surface area (Å²) in [6, 6.07) is 74.5. The lowest BCUT2D eigenvalue weighted by Gasteiger charge is -2.26. The third-order valence-electron chi connectivity index (χ3n) is 9.78. The lowest BCUT2D eigenvalue weighted by molar-refractivity contribution is 1.17. The number of anilines is 6. The van der Waals surface area contributed by atoms with Crippen LogP contribution in [0.4, 0.5) is 34.1 Å². The molecule has 0 N–H and O–H groups in total. The quantitative estimate of drug-likeness (QED) is 0.160. The molecular formula is C49H34N4. The zero-order valence-electron chi connectivity index (χ0n) is 28.9. The number of nitrogens with zero attached hydrogens (tertiary/aromatic N) is 4. The Bertz CT molecular complexity index is 2480. The van der Waals surface area contributed by atoms with Crippen molar-refractivity contribution < 1.29 is 0 Å². The second-order valence-corrected chi connectivity index (χ2v) is 13.0. The van der Waals surface area contributed by atoms with E-state index in [1.54, 1.807) is 0 Å². The van der Waals surface area contributed by atoms with Crippen LogP contribution in [0.15, 0.2) is 206 Å². The minimum atomic E-state index is 0.655. The Labute approximate surface area is 309 Å². The lowest BCUT2D eigenvalue weighted by Crippen LogP contribution is -2.10. The molecule has 0 amide bonds. The fourth-order valence-electron chi connectivity index (χ4n) is 7.29. The van der Waals surface area contributed by atoms with Gasteiger partial charge in [0.25, 0.3) is 0 Å². The Morgan fingerprint density at radius 1 is 0.358 bits per heavy atom. The van der Waals surface area contributed by atoms with Crippen LogP contribution in [0.5, 0.6) is 0 Å². The summed E-state index contributed by atoms with van der Waals surface area (Å²) in [6.45, 7) is 0. The van der Waals surface area contributed by atoms with E-state index >= 15 is 0 Å². The van der Waals surface area contributed by atoms with Gasteiger partial charge in [-0.05, 0) is 108 Å². The van der Waals surface area contributed by atoms with Crippen LogP contribution in [0.3, 0.4) is 0 Å². The smallest absolute Gasteiger partial charge is 0.0991 e. The second-order valence-electron chi connectivity index (χ2n) is 13.0. The second kappa shape index (κ2) is 13.8. The Morgan fingerprint density at radius 3 is 1.08 bits per heavy atom. The fraction of sp³-hybridized carbons (Fsp3) is 0. The summed E-state index contributed by atoms with van der Waals surface area (Å²) in [7, 11) is 0. The van der Waals surface area contributed by atoms with Crippen LogP contribution in [-0.2, 0) is 0 Å². The molecule has 0 saturated carbocycles. The van der Waals surface area contributed by atoms with Crippen molar-refractivity contribution >= 4 is 55.9 Å². The zero-order valence-corrected chi connectivity index (χ0v) is 28.9. The highest BCUT2D eigenvalue weighted by Gasteiger charge is 2.20. The van der Waals surface area contributed by atoms with Gasteiger partial charge in [0.2, 0.25) is 0 Å². The van der Waals surface area contributed by atoms with Crippen molar-refractivity contribution in [3.63, 3.8) is 0 Å². The normalized spacial score (nSPS) is 11.0. The van der Waals surface area contributed by atoms with Crippen LogP contribution in [0, 0.1) is 11.3 Å². The van der Waals surface area contributed by atoms with Crippen LogP contribution in [0.25, 0.3) is 38.6 Å². The summed E-state index contributed by atoms with van der Waals surface area (Å²) in [5, 5.41) is 11.7. The Hall–Kier alpha value is -7.35. The van der Waals surface area contributed by atoms with Crippen molar-refractivity contribution in [2.75, 3.05) is 9.80 Å². The van der Waals surface area contributed by atoms with Gasteiger partial charge in [-0.25, -0.2) is 0 Å². The van der Waals surface area contributed by atoms with Gasteiger partial charge in [-0.15, -0.1) is 0 Å². The first-order valence-corrected chi connectivity index (χ1v) is 17.7. The number of nitriles is 1. The molecule has 250 valence electrons. The summed E-state index contributed by atoms with van der Waals surface area (Å²) < 4.78 is 2.39. The number of fused-ring (bicyclic) bond motifs is 3. The van der Waals surface area contributed by atoms with Gasteiger partial charge in [0.05, 0.1) is 22.7 Å². The van der Waals surface area contributed by atoms with Crippen LogP contribution in [-0.4, -0.2) is 4.57 Å². The molecule has 1 heterocycles. The predicted octanol–water partition coefficient (Wildman–Crippen LogP) is 13.3. The van der Waals surface area contributed by atoms with Crippen LogP contribution in [0.2, 0.25) is 0 Å². The Kier molecular flexibility index (Phi) is 8.20. The molecule has 9 rings (SSSR count). The standard InChI is InChI=1S/C49H34N4/c50-35-36-21-23-37(24-22-36)38-25-27-43(28-26-38)53-48-33-44(51(39-13-5-1-6-14-39)40-15-7-2-8-16-40)29-31-46(48)47-32-30-45(34-49(47)53)52(41-17-9-3-10-18-41)42-19-11-4-12-20-42/h1-34H. The fourth-order valence-corrected chi connectivity index (χ4v) is 7.29. The largest absolute Gasteiger partial charge is 0.310 e. The highest BCUT2D eigenvalue weighted by atomic mass is 15.2. The van der Waals surface area contributed by atoms with Gasteiger partial charge >= 0.3 is 0 Å². The maximum absolute atomic E-state index is 9.32. The van der Waals surface area contributed by atoms with E-state index in [-0.39, 0.29) is 0 Å². The van der Waals surface area contributed by atoms with E-state index < -0.39 is 0 Å². The third kappa shape index (κ3) is 5.97. The molecule has 53 heavy (non-hydrogen) atoms. The molecule has 0 fully saturated rings. The van der Waals surface area contributed by atoms with Crippen molar-refractivity contribution in [3.8, 4) is 22.9 Å². The van der Waals surface area contributed by atoms with E-state index in [0.717, 1.165) is 62.0 Å². The molecular weight excluding hydrogens is 645 g/mol. The summed E-state index contributed by atoms with van der Waals surface area (Å²) in [6.07, 6.45) is 0. The van der Waals surface area contributed by atoms with Crippen molar-refractivity contribution in [3.05, 3.63) is 212 Å². The topological polar surface area (TPSA) is 35.2 Å². The predicted molar refractivity (Wildman–Crippen MR) is 220 cm³/mol. The van der Waals surface area contributed by atoms with Crippen LogP contribution < -0.4 is 9.80 Å². The molecule has 0 aliphatic heterocycles. The van der Waals surface area contributed by atoms with E-state index in [1.807, 2.05) is 24.3 Å². The van der Waals surface area contributed by atoms with Crippen molar-refractivity contribution in [1.29, 1.82) is 5.26 Å². The SMILES string of the molecule is N#Cc1ccc(-c2ccc(-n3c4cc(N(c5ccccc5)c5ccccc5)ccc4c4ccc(N(c5ccccc5)c5ccccc5)cc43)cc2)cc1. The van der Waals surface area contributed by atoms with E-state index in [2.05, 4.69) is 202 Å². The maximum atomic E-state index is 9.32. The minimum Gasteiger partial charge on any atom is -0.310 e. The van der Waals surface area contributed by atoms with Crippen LogP contribution >= 0.6 is 0 Å². The minimum absolute atomic E-state index is 0.655. The number of hydrogen-bond donors (Lipinski definition) is 0. The highest BCUT2D eigenvalue weighted by molar-refractivity contribution is 6.11. The lowest BCUT2D eigenvalue weighted by atomic mass is 10.0. The molecule has 4 nitrogen and oxygen atoms in total. The summed E-state index contributed by atoms with van der Waals surface area (Å²) in [5.41, 5.74) is 12.6. The average molecular weight is 679 g/mol. The molecule has 0 aliphatic carbocycles. The summed E-state index contributed by atoms with van der Waals surface area (Å²) >= 11 is 0. The summed E-state index contributed by atoms with van der Waals surface area (Å²) in [4.78, 5) is 4.63. The summed E-state index contributed by atoms with van der Waals surface area (Å²) in [5.74, 6) is 0. The van der Waals surface area contributed by atoms with Gasteiger partial charge in [-0.1, -0.05) is 109 Å². The molecule has 0 saturated heterocycles. The monoisotopic (exact) mass is 678 g/mol. The van der Waals surface area contributed by atoms with Gasteiger partial charge in [0.1, 0.15) is 0 Å². The van der Waals surface area contributed by atoms with Gasteiger partial charge in [-0.2, -0.15) is 5.26 Å². The van der Waals surface area contributed by atoms with Crippen LogP contribution in [0.1, 0.15) is 5.56 Å². The Balaban J connectivity index is 1.27. The van der Waals surface area contributed by atoms with E-state index in [1.165, 1.54) is 10.8 Å². The molecule has 0 unspecified atom stereocenters. The van der Waals surface area contributed by atoms with Crippen molar-refractivity contribution in [2.45, 2.75) is 0 Å². The first kappa shape index (κ1) is 31.6. The number of aromatic nitrogens is 1. The van der Waals surface area contributed by atoms with Gasteiger partial charge < -0.3 is 14.4 Å². The third-order valence-corrected chi connectivity index (χ3v) is 9.78. The molecule has 0 radical (unpaired) electrons. The first-order valence-electron chi connectivity index (χ1n) is 17.7. The van der Waals surface area contributed by atoms with Crippen molar-refractivity contribution in [1.82, 2.24) is 4.57 Å². The molecule has 8 aromatic carbocycles. The zero-order chi connectivity index (χ0) is 35.6. The number of benzene rings is 8. The Morgan fingerprint density at radius 2 is 0.717 bits per heavy atom. The molecule has 0 spiro atoms. The van der Waals surface area contributed by atoms with Crippen molar-refractivity contribution in [2.24, 2.45) is 0 Å². The maximum Gasteiger partial charge on any atom is 0.0991 e.